The number of anilines is 2. The lowest BCUT2D eigenvalue weighted by Gasteiger charge is -2.19. The van der Waals surface area contributed by atoms with Crippen molar-refractivity contribution < 1.29 is 0 Å². The van der Waals surface area contributed by atoms with Gasteiger partial charge in [0.15, 0.2) is 5.82 Å². The molecule has 1 aliphatic rings. The molecule has 1 fully saturated rings. The van der Waals surface area contributed by atoms with E-state index in [4.69, 9.17) is 17.3 Å². The van der Waals surface area contributed by atoms with Crippen LogP contribution in [0.15, 0.2) is 0 Å². The molecule has 88 valence electrons. The Hall–Kier alpha value is -1.03. The highest BCUT2D eigenvalue weighted by Crippen LogP contribution is 2.31. The smallest absolute Gasteiger partial charge is 0.153 e. The lowest BCUT2D eigenvalue weighted by molar-refractivity contribution is 0.767. The molecule has 0 saturated carbocycles. The van der Waals surface area contributed by atoms with Crippen LogP contribution in [0.25, 0.3) is 0 Å². The van der Waals surface area contributed by atoms with Crippen molar-refractivity contribution >= 4 is 23.2 Å². The molecule has 0 aliphatic carbocycles. The van der Waals surface area contributed by atoms with Gasteiger partial charge in [-0.25, -0.2) is 9.97 Å². The topological polar surface area (TPSA) is 55.0 Å². The zero-order chi connectivity index (χ0) is 11.7. The summed E-state index contributed by atoms with van der Waals surface area (Å²) in [6.45, 7) is 6.12. The summed E-state index contributed by atoms with van der Waals surface area (Å²) >= 11 is 6.16. The first-order valence-electron chi connectivity index (χ1n) is 5.67. The van der Waals surface area contributed by atoms with Crippen molar-refractivity contribution in [2.75, 3.05) is 23.7 Å². The Bertz CT molecular complexity index is 386. The van der Waals surface area contributed by atoms with Gasteiger partial charge in [-0.15, -0.1) is 0 Å². The number of aromatic nitrogens is 2. The van der Waals surface area contributed by atoms with Crippen LogP contribution in [0.3, 0.4) is 0 Å². The summed E-state index contributed by atoms with van der Waals surface area (Å²) in [7, 11) is 0. The van der Waals surface area contributed by atoms with Crippen LogP contribution < -0.4 is 10.6 Å². The van der Waals surface area contributed by atoms with E-state index in [-0.39, 0.29) is 5.92 Å². The van der Waals surface area contributed by atoms with Crippen LogP contribution in [0.2, 0.25) is 5.02 Å². The van der Waals surface area contributed by atoms with E-state index in [1.54, 1.807) is 0 Å². The minimum absolute atomic E-state index is 0.265. The maximum absolute atomic E-state index is 6.16. The molecule has 5 heteroatoms. The van der Waals surface area contributed by atoms with E-state index in [0.29, 0.717) is 10.8 Å². The van der Waals surface area contributed by atoms with Crippen LogP contribution in [0, 0.1) is 0 Å². The Balaban J connectivity index is 2.41. The van der Waals surface area contributed by atoms with Gasteiger partial charge in [0.05, 0.1) is 0 Å². The molecule has 0 aromatic carbocycles. The second-order valence-electron chi connectivity index (χ2n) is 4.45. The Morgan fingerprint density at radius 3 is 2.44 bits per heavy atom. The molecule has 0 unspecified atom stereocenters. The van der Waals surface area contributed by atoms with E-state index in [2.05, 4.69) is 28.7 Å². The second-order valence-corrected chi connectivity index (χ2v) is 4.83. The van der Waals surface area contributed by atoms with Crippen molar-refractivity contribution in [2.45, 2.75) is 32.6 Å². The number of hydrogen-bond donors (Lipinski definition) is 1. The van der Waals surface area contributed by atoms with Crippen LogP contribution in [0.4, 0.5) is 11.6 Å². The molecular formula is C11H17ClN4. The first kappa shape index (κ1) is 11.5. The van der Waals surface area contributed by atoms with Crippen LogP contribution >= 0.6 is 11.6 Å². The maximum atomic E-state index is 6.16. The number of halogens is 1. The number of nitrogen functional groups attached to an aromatic ring is 1. The van der Waals surface area contributed by atoms with Crippen LogP contribution in [0.5, 0.6) is 0 Å². The van der Waals surface area contributed by atoms with Gasteiger partial charge in [0.25, 0.3) is 0 Å². The molecule has 1 aliphatic heterocycles. The third kappa shape index (κ3) is 2.07. The number of rotatable bonds is 2. The summed E-state index contributed by atoms with van der Waals surface area (Å²) in [5.74, 6) is 2.22. The summed E-state index contributed by atoms with van der Waals surface area (Å²) in [5, 5.41) is 0.492. The second kappa shape index (κ2) is 4.45. The average molecular weight is 241 g/mol. The van der Waals surface area contributed by atoms with Gasteiger partial charge >= 0.3 is 0 Å². The largest absolute Gasteiger partial charge is 0.382 e. The van der Waals surface area contributed by atoms with Gasteiger partial charge in [0.2, 0.25) is 0 Å². The fourth-order valence-electron chi connectivity index (χ4n) is 1.87. The van der Waals surface area contributed by atoms with E-state index in [1.807, 2.05) is 0 Å². The van der Waals surface area contributed by atoms with Crippen molar-refractivity contribution in [3.05, 3.63) is 10.8 Å². The normalized spacial score (nSPS) is 16.1. The number of nitrogens with two attached hydrogens (primary N) is 1. The van der Waals surface area contributed by atoms with Crippen molar-refractivity contribution in [1.29, 1.82) is 0 Å². The fourth-order valence-corrected chi connectivity index (χ4v) is 2.07. The Labute approximate surface area is 101 Å². The van der Waals surface area contributed by atoms with Gasteiger partial charge < -0.3 is 10.6 Å². The van der Waals surface area contributed by atoms with Crippen molar-refractivity contribution in [1.82, 2.24) is 9.97 Å². The molecule has 2 rings (SSSR count). The van der Waals surface area contributed by atoms with Gasteiger partial charge in [-0.05, 0) is 12.8 Å². The van der Waals surface area contributed by atoms with Gasteiger partial charge in [-0.3, -0.25) is 0 Å². The molecule has 0 radical (unpaired) electrons. The SMILES string of the molecule is CC(C)c1nc(N)c(Cl)c(N2CCCC2)n1. The molecule has 2 N–H and O–H groups in total. The van der Waals surface area contributed by atoms with Gasteiger partial charge in [0.1, 0.15) is 16.7 Å². The van der Waals surface area contributed by atoms with Crippen LogP contribution in [0.1, 0.15) is 38.4 Å². The summed E-state index contributed by atoms with van der Waals surface area (Å²) in [6.07, 6.45) is 2.38. The Morgan fingerprint density at radius 2 is 1.88 bits per heavy atom. The zero-order valence-corrected chi connectivity index (χ0v) is 10.5. The Morgan fingerprint density at radius 1 is 1.25 bits per heavy atom. The quantitative estimate of drug-likeness (QED) is 0.863. The van der Waals surface area contributed by atoms with Crippen LogP contribution in [-0.4, -0.2) is 23.1 Å². The molecule has 4 nitrogen and oxygen atoms in total. The van der Waals surface area contributed by atoms with Gasteiger partial charge in [-0.2, -0.15) is 0 Å². The fraction of sp³-hybridized carbons (Fsp3) is 0.636. The highest BCUT2D eigenvalue weighted by atomic mass is 35.5. The summed E-state index contributed by atoms with van der Waals surface area (Å²) in [6, 6.07) is 0. The predicted octanol–water partition coefficient (Wildman–Crippen LogP) is 2.44. The first-order chi connectivity index (χ1) is 7.59. The van der Waals surface area contributed by atoms with Gasteiger partial charge in [-0.1, -0.05) is 25.4 Å². The summed E-state index contributed by atoms with van der Waals surface area (Å²) < 4.78 is 0. The third-order valence-electron chi connectivity index (χ3n) is 2.80. The minimum atomic E-state index is 0.265. The lowest BCUT2D eigenvalue weighted by atomic mass is 10.2. The minimum Gasteiger partial charge on any atom is -0.382 e. The molecule has 1 aromatic heterocycles. The van der Waals surface area contributed by atoms with E-state index >= 15 is 0 Å². The molecule has 0 atom stereocenters. The highest BCUT2D eigenvalue weighted by molar-refractivity contribution is 6.35. The van der Waals surface area contributed by atoms with Crippen molar-refractivity contribution in [3.63, 3.8) is 0 Å². The van der Waals surface area contributed by atoms with Crippen LogP contribution in [-0.2, 0) is 0 Å². The number of hydrogen-bond acceptors (Lipinski definition) is 4. The zero-order valence-electron chi connectivity index (χ0n) is 9.70. The molecule has 0 amide bonds. The first-order valence-corrected chi connectivity index (χ1v) is 6.05. The molecular weight excluding hydrogens is 224 g/mol. The molecule has 1 saturated heterocycles. The molecule has 1 aromatic rings. The summed E-state index contributed by atoms with van der Waals surface area (Å²) in [4.78, 5) is 10.9. The van der Waals surface area contributed by atoms with E-state index in [9.17, 15) is 0 Å². The van der Waals surface area contributed by atoms with E-state index < -0.39 is 0 Å². The highest BCUT2D eigenvalue weighted by Gasteiger charge is 2.20. The molecule has 16 heavy (non-hydrogen) atoms. The van der Waals surface area contributed by atoms with Gasteiger partial charge in [0, 0.05) is 19.0 Å². The predicted molar refractivity (Wildman–Crippen MR) is 67.0 cm³/mol. The Kier molecular flexibility index (Phi) is 3.19. The molecule has 2 heterocycles. The standard InChI is InChI=1S/C11H17ClN4/c1-7(2)10-14-9(13)8(12)11(15-10)16-5-3-4-6-16/h7H,3-6H2,1-2H3,(H2,13,14,15). The average Bonchev–Trinajstić information content (AvgIpc) is 2.74. The monoisotopic (exact) mass is 240 g/mol. The summed E-state index contributed by atoms with van der Waals surface area (Å²) in [5.41, 5.74) is 5.82. The maximum Gasteiger partial charge on any atom is 0.153 e. The lowest BCUT2D eigenvalue weighted by Crippen LogP contribution is -2.21. The molecule has 0 spiro atoms. The van der Waals surface area contributed by atoms with Crippen molar-refractivity contribution in [2.24, 2.45) is 0 Å². The third-order valence-corrected chi connectivity index (χ3v) is 3.16. The van der Waals surface area contributed by atoms with E-state index in [1.165, 1.54) is 12.8 Å². The van der Waals surface area contributed by atoms with E-state index in [0.717, 1.165) is 24.7 Å². The molecule has 0 bridgehead atoms. The van der Waals surface area contributed by atoms with Crippen molar-refractivity contribution in [3.8, 4) is 0 Å². The number of nitrogens with zero attached hydrogens (tertiary/aromatic N) is 3.